The van der Waals surface area contributed by atoms with Crippen molar-refractivity contribution in [3.63, 3.8) is 0 Å². The molecule has 5 heteroatoms. The Morgan fingerprint density at radius 2 is 1.85 bits per heavy atom. The maximum absolute atomic E-state index is 13.5. The molecule has 0 bridgehead atoms. The zero-order valence-corrected chi connectivity index (χ0v) is 12.4. The summed E-state index contributed by atoms with van der Waals surface area (Å²) in [6, 6.07) is -1.39. The third kappa shape index (κ3) is 2.23. The number of nitrogens with zero attached hydrogens (tertiary/aromatic N) is 2. The molecule has 0 aromatic rings. The Labute approximate surface area is 118 Å². The summed E-state index contributed by atoms with van der Waals surface area (Å²) in [4.78, 5) is 0. The summed E-state index contributed by atoms with van der Waals surface area (Å²) in [7, 11) is 0. The Balaban J connectivity index is 1.94. The lowest BCUT2D eigenvalue weighted by molar-refractivity contribution is -0.216. The SMILES string of the molecule is CC(C)(C)C1=NN2C(C1)C[C@@H]1CCC[C@@H]1[C@H]2C(F)(F)F. The number of piperidine rings is 1. The maximum Gasteiger partial charge on any atom is 0.410 e. The molecule has 2 fully saturated rings. The molecule has 2 heterocycles. The van der Waals surface area contributed by atoms with Gasteiger partial charge in [-0.2, -0.15) is 18.3 Å². The Hall–Kier alpha value is -0.740. The van der Waals surface area contributed by atoms with Gasteiger partial charge in [0.2, 0.25) is 0 Å². The van der Waals surface area contributed by atoms with Crippen LogP contribution in [0.2, 0.25) is 0 Å². The smallest absolute Gasteiger partial charge is 0.281 e. The highest BCUT2D eigenvalue weighted by Crippen LogP contribution is 2.51. The fourth-order valence-electron chi connectivity index (χ4n) is 4.23. The topological polar surface area (TPSA) is 15.6 Å². The van der Waals surface area contributed by atoms with Crippen molar-refractivity contribution in [1.29, 1.82) is 0 Å². The largest absolute Gasteiger partial charge is 0.410 e. The van der Waals surface area contributed by atoms with E-state index in [1.807, 2.05) is 20.8 Å². The van der Waals surface area contributed by atoms with E-state index in [2.05, 4.69) is 5.10 Å². The lowest BCUT2D eigenvalue weighted by Gasteiger charge is -2.44. The Bertz CT molecular complexity index is 422. The number of alkyl halides is 3. The van der Waals surface area contributed by atoms with Crippen molar-refractivity contribution < 1.29 is 13.2 Å². The van der Waals surface area contributed by atoms with E-state index in [0.29, 0.717) is 12.8 Å². The molecule has 2 nitrogen and oxygen atoms in total. The van der Waals surface area contributed by atoms with Crippen LogP contribution in [0.1, 0.15) is 52.9 Å². The first kappa shape index (κ1) is 14.2. The molecule has 114 valence electrons. The van der Waals surface area contributed by atoms with E-state index in [0.717, 1.165) is 25.0 Å². The number of halogens is 3. The van der Waals surface area contributed by atoms with Crippen molar-refractivity contribution in [3.8, 4) is 0 Å². The van der Waals surface area contributed by atoms with Crippen LogP contribution in [0.25, 0.3) is 0 Å². The van der Waals surface area contributed by atoms with Gasteiger partial charge in [-0.05, 0) is 24.7 Å². The summed E-state index contributed by atoms with van der Waals surface area (Å²) in [6.45, 7) is 6.11. The van der Waals surface area contributed by atoms with Crippen LogP contribution >= 0.6 is 0 Å². The minimum Gasteiger partial charge on any atom is -0.281 e. The van der Waals surface area contributed by atoms with Gasteiger partial charge in [-0.15, -0.1) is 0 Å². The van der Waals surface area contributed by atoms with Gasteiger partial charge in [0.25, 0.3) is 0 Å². The van der Waals surface area contributed by atoms with Crippen molar-refractivity contribution >= 4 is 5.71 Å². The highest BCUT2D eigenvalue weighted by atomic mass is 19.4. The molecule has 4 atom stereocenters. The van der Waals surface area contributed by atoms with Crippen LogP contribution in [0, 0.1) is 17.3 Å². The van der Waals surface area contributed by atoms with Crippen molar-refractivity contribution in [2.45, 2.75) is 71.1 Å². The second kappa shape index (κ2) is 4.38. The normalized spacial score (nSPS) is 37.7. The Morgan fingerprint density at radius 1 is 1.15 bits per heavy atom. The average Bonchev–Trinajstić information content (AvgIpc) is 2.86. The standard InChI is InChI=1S/C15H23F3N2/c1-14(2,3)12-8-10-7-9-5-4-6-11(9)13(15(16,17)18)20(10)19-12/h9-11,13H,4-8H2,1-3H3/t9-,10?,11-,13-/m0/s1. The van der Waals surface area contributed by atoms with Crippen molar-refractivity contribution in [3.05, 3.63) is 0 Å². The average molecular weight is 288 g/mol. The quantitative estimate of drug-likeness (QED) is 0.652. The van der Waals surface area contributed by atoms with Gasteiger partial charge >= 0.3 is 6.18 Å². The molecule has 0 aromatic heterocycles. The molecule has 1 saturated heterocycles. The minimum atomic E-state index is -4.16. The highest BCUT2D eigenvalue weighted by Gasteiger charge is 2.58. The van der Waals surface area contributed by atoms with Gasteiger partial charge in [-0.3, -0.25) is 5.01 Å². The van der Waals surface area contributed by atoms with E-state index < -0.39 is 12.2 Å². The summed E-state index contributed by atoms with van der Waals surface area (Å²) in [6.07, 6.45) is 0.0472. The van der Waals surface area contributed by atoms with E-state index in [-0.39, 0.29) is 23.3 Å². The van der Waals surface area contributed by atoms with Crippen molar-refractivity contribution in [2.75, 3.05) is 0 Å². The summed E-state index contributed by atoms with van der Waals surface area (Å²) >= 11 is 0. The molecule has 0 N–H and O–H groups in total. The van der Waals surface area contributed by atoms with Gasteiger partial charge in [0.05, 0.1) is 6.04 Å². The van der Waals surface area contributed by atoms with Crippen LogP contribution in [0.5, 0.6) is 0 Å². The number of fused-ring (bicyclic) bond motifs is 2. The van der Waals surface area contributed by atoms with E-state index in [1.54, 1.807) is 0 Å². The monoisotopic (exact) mass is 288 g/mol. The number of hydrogen-bond acceptors (Lipinski definition) is 2. The zero-order chi connectivity index (χ0) is 14.7. The molecule has 2 aliphatic heterocycles. The second-order valence-electron chi connectivity index (χ2n) is 7.61. The molecule has 0 amide bonds. The molecule has 20 heavy (non-hydrogen) atoms. The molecule has 0 spiro atoms. The van der Waals surface area contributed by atoms with Gasteiger partial charge < -0.3 is 0 Å². The zero-order valence-electron chi connectivity index (χ0n) is 12.4. The molecule has 3 aliphatic rings. The van der Waals surface area contributed by atoms with E-state index in [9.17, 15) is 13.2 Å². The van der Waals surface area contributed by atoms with Gasteiger partial charge in [0.1, 0.15) is 6.04 Å². The number of hydrogen-bond donors (Lipinski definition) is 0. The first-order valence-corrected chi connectivity index (χ1v) is 7.61. The van der Waals surface area contributed by atoms with Gasteiger partial charge in [-0.25, -0.2) is 0 Å². The summed E-state index contributed by atoms with van der Waals surface area (Å²) in [5, 5.41) is 5.84. The van der Waals surface area contributed by atoms with Crippen LogP contribution < -0.4 is 0 Å². The van der Waals surface area contributed by atoms with Gasteiger partial charge in [0.15, 0.2) is 0 Å². The molecule has 1 unspecified atom stereocenters. The Kier molecular flexibility index (Phi) is 3.11. The summed E-state index contributed by atoms with van der Waals surface area (Å²) in [5.74, 6) is 0.00621. The van der Waals surface area contributed by atoms with Crippen molar-refractivity contribution in [2.24, 2.45) is 22.4 Å². The van der Waals surface area contributed by atoms with Crippen LogP contribution in [0.4, 0.5) is 13.2 Å². The number of rotatable bonds is 0. The molecular weight excluding hydrogens is 265 g/mol. The van der Waals surface area contributed by atoms with Gasteiger partial charge in [0, 0.05) is 17.5 Å². The first-order valence-electron chi connectivity index (χ1n) is 7.61. The molecule has 1 saturated carbocycles. The van der Waals surface area contributed by atoms with Gasteiger partial charge in [-0.1, -0.05) is 33.6 Å². The lowest BCUT2D eigenvalue weighted by Crippen LogP contribution is -2.55. The van der Waals surface area contributed by atoms with E-state index in [4.69, 9.17) is 0 Å². The predicted octanol–water partition coefficient (Wildman–Crippen LogP) is 4.21. The fourth-order valence-corrected chi connectivity index (χ4v) is 4.23. The molecule has 0 radical (unpaired) electrons. The second-order valence-corrected chi connectivity index (χ2v) is 7.61. The lowest BCUT2D eigenvalue weighted by atomic mass is 9.77. The summed E-state index contributed by atoms with van der Waals surface area (Å²) in [5.41, 5.74) is 0.791. The predicted molar refractivity (Wildman–Crippen MR) is 72.4 cm³/mol. The molecule has 3 rings (SSSR count). The van der Waals surface area contributed by atoms with Crippen LogP contribution in [-0.2, 0) is 0 Å². The van der Waals surface area contributed by atoms with Crippen LogP contribution in [0.3, 0.4) is 0 Å². The molecule has 1 aliphatic carbocycles. The van der Waals surface area contributed by atoms with Crippen molar-refractivity contribution in [1.82, 2.24) is 5.01 Å². The van der Waals surface area contributed by atoms with Crippen LogP contribution in [0.15, 0.2) is 5.10 Å². The molecular formula is C15H23F3N2. The fraction of sp³-hybridized carbons (Fsp3) is 0.933. The maximum atomic E-state index is 13.5. The van der Waals surface area contributed by atoms with Crippen LogP contribution in [-0.4, -0.2) is 29.0 Å². The Morgan fingerprint density at radius 3 is 2.45 bits per heavy atom. The third-order valence-electron chi connectivity index (χ3n) is 5.22. The number of hydrazone groups is 1. The van der Waals surface area contributed by atoms with E-state index >= 15 is 0 Å². The first-order chi connectivity index (χ1) is 9.18. The third-order valence-corrected chi connectivity index (χ3v) is 5.22. The van der Waals surface area contributed by atoms with E-state index in [1.165, 1.54) is 5.01 Å². The molecule has 0 aromatic carbocycles. The summed E-state index contributed by atoms with van der Waals surface area (Å²) < 4.78 is 40.6. The minimum absolute atomic E-state index is 0.0322. The highest BCUT2D eigenvalue weighted by molar-refractivity contribution is 5.90.